The van der Waals surface area contributed by atoms with Crippen molar-refractivity contribution in [3.05, 3.63) is 0 Å². The Morgan fingerprint density at radius 2 is 0.571 bits per heavy atom. The number of rotatable bonds is 8. The molecule has 13 heteroatoms. The Kier molecular flexibility index (Phi) is 5.70. The van der Waals surface area contributed by atoms with Crippen LogP contribution < -0.4 is 0 Å². The Bertz CT molecular complexity index is 284. The van der Waals surface area contributed by atoms with Crippen LogP contribution >= 0.6 is 0 Å². The topological polar surface area (TPSA) is 0 Å². The SMILES string of the molecule is FCC(F)(F)[Si](C(F)(F)CF)(C(F)(F)CF)C(F)(F)CF. The van der Waals surface area contributed by atoms with Crippen molar-refractivity contribution in [2.24, 2.45) is 0 Å². The predicted octanol–water partition coefficient (Wildman–Crippen LogP) is 4.01. The van der Waals surface area contributed by atoms with Gasteiger partial charge in [0.1, 0.15) is 26.7 Å². The highest BCUT2D eigenvalue weighted by Gasteiger charge is 2.92. The Labute approximate surface area is 111 Å². The third kappa shape index (κ3) is 2.61. The van der Waals surface area contributed by atoms with Crippen LogP contribution in [0, 0.1) is 0 Å². The maximum atomic E-state index is 13.3. The summed E-state index contributed by atoms with van der Waals surface area (Å²) < 4.78 is 155. The van der Waals surface area contributed by atoms with Gasteiger partial charge in [0.15, 0.2) is 0 Å². The van der Waals surface area contributed by atoms with Gasteiger partial charge in [0.2, 0.25) is 0 Å². The second kappa shape index (κ2) is 5.87. The largest absolute Gasteiger partial charge is 0.388 e. The summed E-state index contributed by atoms with van der Waals surface area (Å²) in [4.78, 5) is 0. The molecule has 0 spiro atoms. The van der Waals surface area contributed by atoms with E-state index in [1.54, 1.807) is 0 Å². The van der Waals surface area contributed by atoms with Crippen molar-refractivity contribution in [3.63, 3.8) is 0 Å². The molecule has 0 aromatic rings. The Morgan fingerprint density at radius 3 is 0.667 bits per heavy atom. The highest BCUT2D eigenvalue weighted by Crippen LogP contribution is 2.56. The van der Waals surface area contributed by atoms with Gasteiger partial charge in [0, 0.05) is 0 Å². The van der Waals surface area contributed by atoms with Crippen LogP contribution in [-0.2, 0) is 0 Å². The fourth-order valence-corrected chi connectivity index (χ4v) is 6.02. The second-order valence-corrected chi connectivity index (χ2v) is 8.53. The molecule has 0 heterocycles. The van der Waals surface area contributed by atoms with E-state index < -0.39 is 57.0 Å². The van der Waals surface area contributed by atoms with Crippen molar-refractivity contribution in [2.45, 2.75) is 22.2 Å². The van der Waals surface area contributed by atoms with Gasteiger partial charge < -0.3 is 0 Å². The number of hydrogen-bond donors (Lipinski definition) is 0. The monoisotopic (exact) mass is 360 g/mol. The van der Waals surface area contributed by atoms with E-state index in [-0.39, 0.29) is 0 Å². The van der Waals surface area contributed by atoms with E-state index in [1.165, 1.54) is 0 Å². The van der Waals surface area contributed by atoms with Crippen LogP contribution in [0.4, 0.5) is 52.7 Å². The van der Waals surface area contributed by atoms with Crippen LogP contribution in [0.25, 0.3) is 0 Å². The molecular weight excluding hydrogens is 352 g/mol. The maximum Gasteiger partial charge on any atom is 0.388 e. The average Bonchev–Trinajstić information content (AvgIpc) is 2.37. The summed E-state index contributed by atoms with van der Waals surface area (Å²) in [6.07, 6.45) is 0. The van der Waals surface area contributed by atoms with Crippen LogP contribution in [-0.4, -0.2) is 57.0 Å². The summed E-state index contributed by atoms with van der Waals surface area (Å²) in [5, 5.41) is 0. The minimum atomic E-state index is -8.54. The zero-order valence-electron chi connectivity index (χ0n) is 9.86. The Balaban J connectivity index is 6.85. The standard InChI is InChI=1S/C8H8F12Si/c9-1-5(13,14)21(6(15,16)2-10,7(17,18)3-11)8(19,20)4-12/h1-4H2. The third-order valence-electron chi connectivity index (χ3n) is 2.87. The van der Waals surface area contributed by atoms with Crippen molar-refractivity contribution >= 4 is 8.07 Å². The fraction of sp³-hybridized carbons (Fsp3) is 1.00. The van der Waals surface area contributed by atoms with Crippen molar-refractivity contribution in [3.8, 4) is 0 Å². The van der Waals surface area contributed by atoms with Gasteiger partial charge in [-0.1, -0.05) is 0 Å². The maximum absolute atomic E-state index is 13.3. The van der Waals surface area contributed by atoms with E-state index >= 15 is 0 Å². The lowest BCUT2D eigenvalue weighted by Crippen LogP contribution is -2.85. The lowest BCUT2D eigenvalue weighted by Gasteiger charge is -2.47. The first-order chi connectivity index (χ1) is 9.24. The molecule has 0 N–H and O–H groups in total. The van der Waals surface area contributed by atoms with Gasteiger partial charge in [0.25, 0.3) is 22.2 Å². The summed E-state index contributed by atoms with van der Waals surface area (Å²) in [5.41, 5.74) is -24.7. The first-order valence-electron chi connectivity index (χ1n) is 5.00. The van der Waals surface area contributed by atoms with E-state index in [2.05, 4.69) is 0 Å². The van der Waals surface area contributed by atoms with Crippen LogP contribution in [0.5, 0.6) is 0 Å². The molecular formula is C8H8F12Si. The summed E-state index contributed by atoms with van der Waals surface area (Å²) in [5.74, 6) is 0. The molecule has 0 nitrogen and oxygen atoms in total. The molecule has 21 heavy (non-hydrogen) atoms. The van der Waals surface area contributed by atoms with Crippen LogP contribution in [0.1, 0.15) is 0 Å². The molecule has 0 aliphatic carbocycles. The molecule has 0 amide bonds. The molecule has 128 valence electrons. The van der Waals surface area contributed by atoms with Gasteiger partial charge in [0.05, 0.1) is 0 Å². The lowest BCUT2D eigenvalue weighted by molar-refractivity contribution is -0.0984. The zero-order chi connectivity index (χ0) is 17.3. The highest BCUT2D eigenvalue weighted by atomic mass is 28.3. The van der Waals surface area contributed by atoms with E-state index in [0.29, 0.717) is 0 Å². The summed E-state index contributed by atoms with van der Waals surface area (Å²) in [6.45, 7) is -13.9. The molecule has 0 rings (SSSR count). The number of alkyl halides is 12. The summed E-state index contributed by atoms with van der Waals surface area (Å²) in [7, 11) is -8.54. The first-order valence-corrected chi connectivity index (χ1v) is 7.00. The fourth-order valence-electron chi connectivity index (χ4n) is 2.01. The van der Waals surface area contributed by atoms with Gasteiger partial charge in [-0.15, -0.1) is 0 Å². The molecule has 0 aromatic carbocycles. The van der Waals surface area contributed by atoms with Crippen molar-refractivity contribution in [1.82, 2.24) is 0 Å². The van der Waals surface area contributed by atoms with E-state index in [9.17, 15) is 52.7 Å². The molecule has 0 radical (unpaired) electrons. The lowest BCUT2D eigenvalue weighted by atomic mass is 10.7. The predicted molar refractivity (Wildman–Crippen MR) is 49.4 cm³/mol. The molecule has 0 aliphatic heterocycles. The molecule has 0 bridgehead atoms. The second-order valence-electron chi connectivity index (χ2n) is 4.10. The molecule has 0 fully saturated rings. The van der Waals surface area contributed by atoms with Crippen LogP contribution in [0.2, 0.25) is 0 Å². The molecule has 0 unspecified atom stereocenters. The molecule has 0 saturated carbocycles. The Hall–Kier alpha value is -0.623. The van der Waals surface area contributed by atoms with Crippen molar-refractivity contribution in [1.29, 1.82) is 0 Å². The zero-order valence-corrected chi connectivity index (χ0v) is 10.9. The van der Waals surface area contributed by atoms with E-state index in [1.807, 2.05) is 0 Å². The van der Waals surface area contributed by atoms with Crippen LogP contribution in [0.3, 0.4) is 0 Å². The minimum Gasteiger partial charge on any atom is -0.245 e. The normalized spacial score (nSPS) is 15.4. The smallest absolute Gasteiger partial charge is 0.245 e. The van der Waals surface area contributed by atoms with Gasteiger partial charge >= 0.3 is 8.07 Å². The van der Waals surface area contributed by atoms with Gasteiger partial charge in [-0.05, 0) is 0 Å². The number of halogens is 12. The molecule has 0 saturated heterocycles. The molecule has 0 aromatic heterocycles. The summed E-state index contributed by atoms with van der Waals surface area (Å²) in [6, 6.07) is 0. The number of hydrogen-bond acceptors (Lipinski definition) is 0. The average molecular weight is 360 g/mol. The van der Waals surface area contributed by atoms with Crippen molar-refractivity contribution < 1.29 is 52.7 Å². The van der Waals surface area contributed by atoms with Crippen molar-refractivity contribution in [2.75, 3.05) is 26.7 Å². The third-order valence-corrected chi connectivity index (χ3v) is 7.79. The van der Waals surface area contributed by atoms with Gasteiger partial charge in [-0.2, -0.15) is 0 Å². The highest BCUT2D eigenvalue weighted by molar-refractivity contribution is 6.88. The first kappa shape index (κ1) is 20.4. The van der Waals surface area contributed by atoms with Crippen LogP contribution in [0.15, 0.2) is 0 Å². The molecule has 0 atom stereocenters. The Morgan fingerprint density at radius 1 is 0.429 bits per heavy atom. The molecule has 0 aliphatic rings. The van der Waals surface area contributed by atoms with Gasteiger partial charge in [-0.3, -0.25) is 0 Å². The van der Waals surface area contributed by atoms with E-state index in [0.717, 1.165) is 0 Å². The quantitative estimate of drug-likeness (QED) is 0.453. The van der Waals surface area contributed by atoms with E-state index in [4.69, 9.17) is 0 Å². The minimum absolute atomic E-state index is 3.47. The summed E-state index contributed by atoms with van der Waals surface area (Å²) >= 11 is 0. The van der Waals surface area contributed by atoms with Gasteiger partial charge in [-0.25, -0.2) is 52.7 Å².